The van der Waals surface area contributed by atoms with Crippen molar-refractivity contribution in [2.45, 2.75) is 12.8 Å². The zero-order chi connectivity index (χ0) is 6.10. The first-order valence-corrected chi connectivity index (χ1v) is 3.22. The molecule has 0 N–H and O–H groups in total. The van der Waals surface area contributed by atoms with Crippen molar-refractivity contribution in [2.24, 2.45) is 16.1 Å². The van der Waals surface area contributed by atoms with Crippen molar-refractivity contribution < 1.29 is 0 Å². The van der Waals surface area contributed by atoms with Crippen LogP contribution >= 0.6 is 0 Å². The zero-order valence-corrected chi connectivity index (χ0v) is 5.12. The van der Waals surface area contributed by atoms with Crippen LogP contribution in [-0.4, -0.2) is 11.9 Å². The molecule has 46 valence electrons. The van der Waals surface area contributed by atoms with Gasteiger partial charge in [-0.2, -0.15) is 10.2 Å². The van der Waals surface area contributed by atoms with Crippen molar-refractivity contribution in [3.05, 3.63) is 12.2 Å². The maximum atomic E-state index is 4.02. The van der Waals surface area contributed by atoms with Crippen LogP contribution in [0.1, 0.15) is 12.8 Å². The van der Waals surface area contributed by atoms with Gasteiger partial charge in [0.2, 0.25) is 0 Å². The van der Waals surface area contributed by atoms with Crippen LogP contribution in [0.15, 0.2) is 22.4 Å². The molecular formula is C7H8N2. The third-order valence-corrected chi connectivity index (χ3v) is 1.75. The molecule has 0 saturated heterocycles. The minimum Gasteiger partial charge on any atom is -0.164 e. The van der Waals surface area contributed by atoms with Crippen LogP contribution < -0.4 is 0 Å². The smallest absolute Gasteiger partial charge is 0.0515 e. The third kappa shape index (κ3) is 0.707. The monoisotopic (exact) mass is 120 g/mol. The fraction of sp³-hybridized carbons (Fsp3) is 0.429. The fourth-order valence-electron chi connectivity index (χ4n) is 1.22. The van der Waals surface area contributed by atoms with E-state index in [1.165, 1.54) is 5.71 Å². The standard InChI is InChI=1S/C7H8N2/c1-2-6-4-5-8-9-7(6)3-1/h1-2,5-6H,3-4H2. The Balaban J connectivity index is 2.29. The molecule has 1 heterocycles. The maximum absolute atomic E-state index is 4.02. The Morgan fingerprint density at radius 3 is 3.44 bits per heavy atom. The van der Waals surface area contributed by atoms with Gasteiger partial charge in [-0.25, -0.2) is 0 Å². The first-order chi connectivity index (χ1) is 4.47. The molecule has 2 aliphatic rings. The summed E-state index contributed by atoms with van der Waals surface area (Å²) in [7, 11) is 0. The molecule has 0 spiro atoms. The van der Waals surface area contributed by atoms with Crippen LogP contribution in [0.5, 0.6) is 0 Å². The lowest BCUT2D eigenvalue weighted by atomic mass is 10.0. The first-order valence-electron chi connectivity index (χ1n) is 3.22. The molecule has 0 aromatic carbocycles. The summed E-state index contributed by atoms with van der Waals surface area (Å²) in [6.07, 6.45) is 8.32. The van der Waals surface area contributed by atoms with Gasteiger partial charge in [-0.15, -0.1) is 0 Å². The molecule has 2 rings (SSSR count). The topological polar surface area (TPSA) is 24.7 Å². The lowest BCUT2D eigenvalue weighted by molar-refractivity contribution is 0.894. The van der Waals surface area contributed by atoms with E-state index >= 15 is 0 Å². The van der Waals surface area contributed by atoms with E-state index in [2.05, 4.69) is 22.4 Å². The lowest BCUT2D eigenvalue weighted by Gasteiger charge is -2.07. The Bertz CT molecular complexity index is 201. The molecule has 9 heavy (non-hydrogen) atoms. The highest BCUT2D eigenvalue weighted by Crippen LogP contribution is 2.19. The summed E-state index contributed by atoms with van der Waals surface area (Å²) in [5.74, 6) is 0.586. The van der Waals surface area contributed by atoms with Gasteiger partial charge in [-0.1, -0.05) is 12.2 Å². The summed E-state index contributed by atoms with van der Waals surface area (Å²) in [5, 5.41) is 7.86. The number of fused-ring (bicyclic) bond motifs is 1. The van der Waals surface area contributed by atoms with Gasteiger partial charge in [0.05, 0.1) is 5.71 Å². The summed E-state index contributed by atoms with van der Waals surface area (Å²) in [6.45, 7) is 0. The summed E-state index contributed by atoms with van der Waals surface area (Å²) in [4.78, 5) is 0. The van der Waals surface area contributed by atoms with E-state index in [0.29, 0.717) is 5.92 Å². The predicted molar refractivity (Wildman–Crippen MR) is 37.8 cm³/mol. The van der Waals surface area contributed by atoms with Crippen LogP contribution in [0.4, 0.5) is 0 Å². The van der Waals surface area contributed by atoms with Crippen molar-refractivity contribution in [1.82, 2.24) is 0 Å². The Hall–Kier alpha value is -0.920. The number of rotatable bonds is 0. The average Bonchev–Trinajstić information content (AvgIpc) is 2.33. The first kappa shape index (κ1) is 4.91. The largest absolute Gasteiger partial charge is 0.164 e. The average molecular weight is 120 g/mol. The summed E-state index contributed by atoms with van der Waals surface area (Å²) < 4.78 is 0. The molecule has 1 aliphatic heterocycles. The molecule has 0 bridgehead atoms. The van der Waals surface area contributed by atoms with E-state index in [0.717, 1.165) is 12.8 Å². The number of nitrogens with zero attached hydrogens (tertiary/aromatic N) is 2. The van der Waals surface area contributed by atoms with Gasteiger partial charge in [0.1, 0.15) is 0 Å². The number of hydrogen-bond donors (Lipinski definition) is 0. The minimum atomic E-state index is 0.586. The van der Waals surface area contributed by atoms with E-state index in [1.54, 1.807) is 0 Å². The van der Waals surface area contributed by atoms with Crippen LogP contribution in [-0.2, 0) is 0 Å². The van der Waals surface area contributed by atoms with Crippen LogP contribution in [0, 0.1) is 5.92 Å². The van der Waals surface area contributed by atoms with Gasteiger partial charge in [-0.05, 0) is 6.42 Å². The quantitative estimate of drug-likeness (QED) is 0.431. The van der Waals surface area contributed by atoms with Crippen molar-refractivity contribution in [3.63, 3.8) is 0 Å². The summed E-state index contributed by atoms with van der Waals surface area (Å²) in [5.41, 5.74) is 1.23. The molecule has 0 aromatic rings. The van der Waals surface area contributed by atoms with Gasteiger partial charge in [0.25, 0.3) is 0 Å². The van der Waals surface area contributed by atoms with Crippen molar-refractivity contribution in [2.75, 3.05) is 0 Å². The van der Waals surface area contributed by atoms with Gasteiger partial charge in [-0.3, -0.25) is 0 Å². The number of allylic oxidation sites excluding steroid dienone is 2. The van der Waals surface area contributed by atoms with Crippen LogP contribution in [0.2, 0.25) is 0 Å². The van der Waals surface area contributed by atoms with Crippen LogP contribution in [0.3, 0.4) is 0 Å². The van der Waals surface area contributed by atoms with Gasteiger partial charge >= 0.3 is 0 Å². The molecule has 1 aliphatic carbocycles. The molecule has 1 unspecified atom stereocenters. The molecule has 2 heteroatoms. The minimum absolute atomic E-state index is 0.586. The molecule has 0 saturated carbocycles. The molecule has 0 fully saturated rings. The highest BCUT2D eigenvalue weighted by atomic mass is 15.2. The highest BCUT2D eigenvalue weighted by molar-refractivity contribution is 5.95. The van der Waals surface area contributed by atoms with Gasteiger partial charge in [0, 0.05) is 18.6 Å². The molecule has 0 aromatic heterocycles. The second-order valence-corrected chi connectivity index (χ2v) is 2.36. The van der Waals surface area contributed by atoms with E-state index in [1.807, 2.05) is 6.21 Å². The predicted octanol–water partition coefficient (Wildman–Crippen LogP) is 1.39. The fourth-order valence-corrected chi connectivity index (χ4v) is 1.22. The molecule has 2 nitrogen and oxygen atoms in total. The molecule has 0 radical (unpaired) electrons. The second kappa shape index (κ2) is 1.79. The van der Waals surface area contributed by atoms with Gasteiger partial charge < -0.3 is 0 Å². The molecule has 1 atom stereocenters. The normalized spacial score (nSPS) is 30.2. The van der Waals surface area contributed by atoms with Crippen molar-refractivity contribution in [3.8, 4) is 0 Å². The Morgan fingerprint density at radius 1 is 1.56 bits per heavy atom. The Labute approximate surface area is 54.0 Å². The second-order valence-electron chi connectivity index (χ2n) is 2.36. The third-order valence-electron chi connectivity index (χ3n) is 1.75. The van der Waals surface area contributed by atoms with Gasteiger partial charge in [0.15, 0.2) is 0 Å². The molecule has 0 amide bonds. The van der Waals surface area contributed by atoms with Crippen LogP contribution in [0.25, 0.3) is 0 Å². The van der Waals surface area contributed by atoms with E-state index in [4.69, 9.17) is 0 Å². The zero-order valence-electron chi connectivity index (χ0n) is 5.12. The van der Waals surface area contributed by atoms with E-state index in [9.17, 15) is 0 Å². The SMILES string of the molecule is C1=CC2CC=NN=C2C1. The van der Waals surface area contributed by atoms with Crippen molar-refractivity contribution >= 4 is 11.9 Å². The summed E-state index contributed by atoms with van der Waals surface area (Å²) >= 11 is 0. The summed E-state index contributed by atoms with van der Waals surface area (Å²) in [6, 6.07) is 0. The maximum Gasteiger partial charge on any atom is 0.0515 e. The highest BCUT2D eigenvalue weighted by Gasteiger charge is 2.17. The van der Waals surface area contributed by atoms with E-state index < -0.39 is 0 Å². The number of hydrogen-bond acceptors (Lipinski definition) is 2. The molecular weight excluding hydrogens is 112 g/mol. The Morgan fingerprint density at radius 2 is 2.56 bits per heavy atom. The lowest BCUT2D eigenvalue weighted by Crippen LogP contribution is -2.09. The van der Waals surface area contributed by atoms with Crippen molar-refractivity contribution in [1.29, 1.82) is 0 Å². The Kier molecular flexibility index (Phi) is 0.979. The van der Waals surface area contributed by atoms with E-state index in [-0.39, 0.29) is 0 Å².